The van der Waals surface area contributed by atoms with E-state index in [0.29, 0.717) is 37.3 Å². The number of nitrogens with zero attached hydrogens (tertiary/aromatic N) is 2. The van der Waals surface area contributed by atoms with Gasteiger partial charge in [0.05, 0.1) is 25.9 Å². The smallest absolute Gasteiger partial charge is 0.261 e. The zero-order valence-corrected chi connectivity index (χ0v) is 13.2. The minimum Gasteiger partial charge on any atom is -0.390 e. The molecule has 2 rings (SSSR count). The maximum absolute atomic E-state index is 12.4. The zero-order chi connectivity index (χ0) is 16.1. The summed E-state index contributed by atoms with van der Waals surface area (Å²) in [6.45, 7) is 7.00. The van der Waals surface area contributed by atoms with Gasteiger partial charge in [-0.15, -0.1) is 0 Å². The highest BCUT2D eigenvalue weighted by molar-refractivity contribution is 6.20. The number of amides is 2. The van der Waals surface area contributed by atoms with Gasteiger partial charge in [0.1, 0.15) is 0 Å². The molecule has 1 N–H and O–H groups in total. The number of morpholine rings is 1. The number of rotatable bonds is 6. The average Bonchev–Trinajstić information content (AvgIpc) is 2.73. The quantitative estimate of drug-likeness (QED) is 0.716. The Kier molecular flexibility index (Phi) is 5.88. The lowest BCUT2D eigenvalue weighted by Gasteiger charge is -2.29. The average molecular weight is 308 g/mol. The molecular formula is C16H24N2O4. The molecule has 6 nitrogen and oxygen atoms in total. The maximum atomic E-state index is 12.4. The molecule has 0 aromatic rings. The van der Waals surface area contributed by atoms with Crippen molar-refractivity contribution in [3.63, 3.8) is 0 Å². The molecule has 1 saturated heterocycles. The van der Waals surface area contributed by atoms with Crippen LogP contribution in [0.3, 0.4) is 0 Å². The van der Waals surface area contributed by atoms with Gasteiger partial charge in [-0.3, -0.25) is 19.4 Å². The number of imide groups is 1. The van der Waals surface area contributed by atoms with Gasteiger partial charge in [0.25, 0.3) is 11.8 Å². The van der Waals surface area contributed by atoms with E-state index >= 15 is 0 Å². The van der Waals surface area contributed by atoms with Crippen LogP contribution < -0.4 is 0 Å². The SMILES string of the molecule is C/C=C\C1=C(CC)C(=O)N(CC(O)CN2CCOCC2)C1=O. The number of allylic oxidation sites excluding steroid dienone is 1. The molecule has 1 unspecified atom stereocenters. The van der Waals surface area contributed by atoms with Gasteiger partial charge in [0.2, 0.25) is 0 Å². The van der Waals surface area contributed by atoms with Crippen molar-refractivity contribution in [1.82, 2.24) is 9.80 Å². The van der Waals surface area contributed by atoms with Crippen LogP contribution in [0.2, 0.25) is 0 Å². The van der Waals surface area contributed by atoms with Crippen LogP contribution in [0.4, 0.5) is 0 Å². The third-order valence-corrected chi connectivity index (χ3v) is 3.96. The highest BCUT2D eigenvalue weighted by atomic mass is 16.5. The predicted octanol–water partition coefficient (Wildman–Crippen LogP) is 0.331. The molecule has 122 valence electrons. The second kappa shape index (κ2) is 7.67. The summed E-state index contributed by atoms with van der Waals surface area (Å²) in [4.78, 5) is 27.9. The van der Waals surface area contributed by atoms with Crippen molar-refractivity contribution >= 4 is 11.8 Å². The van der Waals surface area contributed by atoms with E-state index in [1.54, 1.807) is 12.2 Å². The second-order valence-electron chi connectivity index (χ2n) is 5.53. The zero-order valence-electron chi connectivity index (χ0n) is 13.2. The van der Waals surface area contributed by atoms with E-state index in [1.807, 2.05) is 13.8 Å². The second-order valence-corrected chi connectivity index (χ2v) is 5.53. The summed E-state index contributed by atoms with van der Waals surface area (Å²) in [5.74, 6) is -0.581. The van der Waals surface area contributed by atoms with E-state index in [-0.39, 0.29) is 18.4 Å². The first-order chi connectivity index (χ1) is 10.6. The molecule has 0 aliphatic carbocycles. The summed E-state index contributed by atoms with van der Waals surface area (Å²) >= 11 is 0. The minimum atomic E-state index is -0.742. The number of carbonyl (C=O) groups is 2. The first-order valence-electron chi connectivity index (χ1n) is 7.78. The number of ether oxygens (including phenoxy) is 1. The number of aliphatic hydroxyl groups excluding tert-OH is 1. The van der Waals surface area contributed by atoms with Crippen molar-refractivity contribution in [2.24, 2.45) is 0 Å². The fraction of sp³-hybridized carbons (Fsp3) is 0.625. The van der Waals surface area contributed by atoms with Crippen LogP contribution in [0.15, 0.2) is 23.3 Å². The largest absolute Gasteiger partial charge is 0.390 e. The predicted molar refractivity (Wildman–Crippen MR) is 82.1 cm³/mol. The Morgan fingerprint density at radius 3 is 2.50 bits per heavy atom. The van der Waals surface area contributed by atoms with E-state index in [2.05, 4.69) is 4.90 Å². The van der Waals surface area contributed by atoms with E-state index in [0.717, 1.165) is 13.1 Å². The molecule has 2 amide bonds. The molecule has 1 fully saturated rings. The summed E-state index contributed by atoms with van der Waals surface area (Å²) < 4.78 is 5.26. The van der Waals surface area contributed by atoms with Crippen LogP contribution in [-0.4, -0.2) is 72.2 Å². The monoisotopic (exact) mass is 308 g/mol. The molecular weight excluding hydrogens is 284 g/mol. The van der Waals surface area contributed by atoms with Crippen molar-refractivity contribution in [2.45, 2.75) is 26.4 Å². The highest BCUT2D eigenvalue weighted by Crippen LogP contribution is 2.24. The molecule has 2 heterocycles. The van der Waals surface area contributed by atoms with Crippen molar-refractivity contribution in [3.05, 3.63) is 23.3 Å². The van der Waals surface area contributed by atoms with Crippen LogP contribution >= 0.6 is 0 Å². The van der Waals surface area contributed by atoms with Gasteiger partial charge in [-0.2, -0.15) is 0 Å². The van der Waals surface area contributed by atoms with Crippen LogP contribution in [0, 0.1) is 0 Å². The molecule has 0 aromatic heterocycles. The van der Waals surface area contributed by atoms with Gasteiger partial charge in [-0.05, 0) is 13.3 Å². The normalized spacial score (nSPS) is 22.2. The van der Waals surface area contributed by atoms with E-state index in [9.17, 15) is 14.7 Å². The van der Waals surface area contributed by atoms with Gasteiger partial charge >= 0.3 is 0 Å². The first kappa shape index (κ1) is 16.9. The van der Waals surface area contributed by atoms with Gasteiger partial charge in [0.15, 0.2) is 0 Å². The van der Waals surface area contributed by atoms with Gasteiger partial charge in [-0.25, -0.2) is 0 Å². The third-order valence-electron chi connectivity index (χ3n) is 3.96. The van der Waals surface area contributed by atoms with Crippen molar-refractivity contribution in [3.8, 4) is 0 Å². The molecule has 2 aliphatic heterocycles. The van der Waals surface area contributed by atoms with Crippen molar-refractivity contribution in [1.29, 1.82) is 0 Å². The van der Waals surface area contributed by atoms with E-state index in [4.69, 9.17) is 4.74 Å². The number of aliphatic hydroxyl groups is 1. The molecule has 1 atom stereocenters. The Hall–Kier alpha value is -1.50. The topological polar surface area (TPSA) is 70.1 Å². The summed E-state index contributed by atoms with van der Waals surface area (Å²) in [5, 5.41) is 10.2. The molecule has 0 saturated carbocycles. The summed E-state index contributed by atoms with van der Waals surface area (Å²) in [6.07, 6.45) is 3.20. The number of β-amino-alcohol motifs (C(OH)–C–C–N with tert-alkyl or cyclic N) is 1. The molecule has 0 aromatic carbocycles. The summed E-state index contributed by atoms with van der Waals surface area (Å²) in [5.41, 5.74) is 0.982. The molecule has 0 bridgehead atoms. The lowest BCUT2D eigenvalue weighted by Crippen LogP contribution is -2.46. The van der Waals surface area contributed by atoms with Gasteiger partial charge in [0, 0.05) is 30.8 Å². The fourth-order valence-electron chi connectivity index (χ4n) is 2.84. The number of carbonyl (C=O) groups excluding carboxylic acids is 2. The van der Waals surface area contributed by atoms with Crippen molar-refractivity contribution in [2.75, 3.05) is 39.4 Å². The molecule has 22 heavy (non-hydrogen) atoms. The minimum absolute atomic E-state index is 0.0412. The Morgan fingerprint density at radius 1 is 1.23 bits per heavy atom. The van der Waals surface area contributed by atoms with E-state index < -0.39 is 6.10 Å². The van der Waals surface area contributed by atoms with Crippen LogP contribution in [0.1, 0.15) is 20.3 Å². The molecule has 0 radical (unpaired) electrons. The molecule has 6 heteroatoms. The first-order valence-corrected chi connectivity index (χ1v) is 7.78. The third kappa shape index (κ3) is 3.63. The number of hydrogen-bond acceptors (Lipinski definition) is 5. The lowest BCUT2D eigenvalue weighted by molar-refractivity contribution is -0.139. The number of hydrogen-bond donors (Lipinski definition) is 1. The molecule has 2 aliphatic rings. The highest BCUT2D eigenvalue weighted by Gasteiger charge is 2.36. The lowest BCUT2D eigenvalue weighted by atomic mass is 10.1. The van der Waals surface area contributed by atoms with Crippen LogP contribution in [0.25, 0.3) is 0 Å². The van der Waals surface area contributed by atoms with Crippen LogP contribution in [0.5, 0.6) is 0 Å². The van der Waals surface area contributed by atoms with Crippen molar-refractivity contribution < 1.29 is 19.4 Å². The summed E-state index contributed by atoms with van der Waals surface area (Å²) in [7, 11) is 0. The Morgan fingerprint density at radius 2 is 1.91 bits per heavy atom. The Labute approximate surface area is 131 Å². The standard InChI is InChI=1S/C16H24N2O4/c1-3-5-14-13(4-2)15(20)18(16(14)21)11-12(19)10-17-6-8-22-9-7-17/h3,5,12,19H,4,6-11H2,1-2H3/b5-3-. The molecule has 0 spiro atoms. The van der Waals surface area contributed by atoms with Crippen LogP contribution in [-0.2, 0) is 14.3 Å². The maximum Gasteiger partial charge on any atom is 0.261 e. The Balaban J connectivity index is 1.98. The van der Waals surface area contributed by atoms with E-state index in [1.165, 1.54) is 4.90 Å². The van der Waals surface area contributed by atoms with Gasteiger partial charge < -0.3 is 9.84 Å². The van der Waals surface area contributed by atoms with Gasteiger partial charge in [-0.1, -0.05) is 19.1 Å². The fourth-order valence-corrected chi connectivity index (χ4v) is 2.84. The Bertz CT molecular complexity index is 492. The summed E-state index contributed by atoms with van der Waals surface area (Å²) in [6, 6.07) is 0.